The van der Waals surface area contributed by atoms with Gasteiger partial charge in [-0.1, -0.05) is 381 Å². The van der Waals surface area contributed by atoms with Crippen LogP contribution in [0, 0.1) is 5.92 Å². The second-order valence-corrected chi connectivity index (χ2v) is 32.5. The Labute approximate surface area is 613 Å². The van der Waals surface area contributed by atoms with E-state index in [1.165, 1.54) is 257 Å². The fourth-order valence-electron chi connectivity index (χ4n) is 12.6. The van der Waals surface area contributed by atoms with E-state index in [0.29, 0.717) is 25.7 Å². The quantitative estimate of drug-likeness (QED) is 0.0222. The van der Waals surface area contributed by atoms with Crippen molar-refractivity contribution in [3.8, 4) is 0 Å². The van der Waals surface area contributed by atoms with E-state index in [4.69, 9.17) is 37.0 Å². The van der Waals surface area contributed by atoms with Crippen molar-refractivity contribution < 1.29 is 80.2 Å². The topological polar surface area (TPSA) is 237 Å². The Balaban J connectivity index is 5.18. The molecular formula is C81H158O17P2. The lowest BCUT2D eigenvalue weighted by Crippen LogP contribution is -2.30. The third-order valence-corrected chi connectivity index (χ3v) is 20.9. The predicted octanol–water partition coefficient (Wildman–Crippen LogP) is 24.4. The molecular weight excluding hydrogens is 1310 g/mol. The Bertz CT molecular complexity index is 1910. The molecule has 0 spiro atoms. The number of phosphoric ester groups is 2. The lowest BCUT2D eigenvalue weighted by molar-refractivity contribution is -0.161. The zero-order valence-electron chi connectivity index (χ0n) is 65.3. The SMILES string of the molecule is CCCCCCCCCCCCCCCCCCCCCCCCC(=O)O[C@H](COC(=O)CCCCCCCCCCCCCCCCCC(C)C)COP(=O)(O)OC[C@@H](O)COP(=O)(O)OC[C@@H](COC(=O)CCCCCCCCCCCC)OC(=O)CCCCCCCCCCCC. The summed E-state index contributed by atoms with van der Waals surface area (Å²) in [4.78, 5) is 72.9. The monoisotopic (exact) mass is 1470 g/mol. The van der Waals surface area contributed by atoms with Crippen molar-refractivity contribution in [3.63, 3.8) is 0 Å². The maximum absolute atomic E-state index is 13.1. The molecule has 17 nitrogen and oxygen atoms in total. The van der Waals surface area contributed by atoms with Crippen LogP contribution < -0.4 is 0 Å². The van der Waals surface area contributed by atoms with E-state index >= 15 is 0 Å². The Kier molecular flexibility index (Phi) is 72.5. The van der Waals surface area contributed by atoms with Crippen LogP contribution in [-0.4, -0.2) is 96.7 Å². The van der Waals surface area contributed by atoms with Gasteiger partial charge in [0, 0.05) is 25.7 Å². The number of esters is 4. The number of ether oxygens (including phenoxy) is 4. The number of aliphatic hydroxyl groups excluding tert-OH is 1. The minimum Gasteiger partial charge on any atom is -0.462 e. The van der Waals surface area contributed by atoms with Crippen molar-refractivity contribution in [1.82, 2.24) is 0 Å². The van der Waals surface area contributed by atoms with Crippen LogP contribution in [0.4, 0.5) is 0 Å². The molecule has 0 amide bonds. The second kappa shape index (κ2) is 73.9. The number of hydrogen-bond acceptors (Lipinski definition) is 15. The number of aliphatic hydroxyl groups is 1. The van der Waals surface area contributed by atoms with Crippen molar-refractivity contribution in [2.75, 3.05) is 39.6 Å². The Morgan fingerprint density at radius 1 is 0.270 bits per heavy atom. The van der Waals surface area contributed by atoms with Gasteiger partial charge in [0.15, 0.2) is 12.2 Å². The van der Waals surface area contributed by atoms with Crippen LogP contribution >= 0.6 is 15.6 Å². The zero-order chi connectivity index (χ0) is 73.4. The molecule has 0 aromatic carbocycles. The minimum absolute atomic E-state index is 0.107. The van der Waals surface area contributed by atoms with Gasteiger partial charge in [0.05, 0.1) is 26.4 Å². The largest absolute Gasteiger partial charge is 0.472 e. The number of phosphoric acid groups is 2. The second-order valence-electron chi connectivity index (χ2n) is 29.6. The highest BCUT2D eigenvalue weighted by Gasteiger charge is 2.30. The molecule has 0 radical (unpaired) electrons. The van der Waals surface area contributed by atoms with Crippen LogP contribution in [0.1, 0.15) is 433 Å². The molecule has 0 aliphatic rings. The lowest BCUT2D eigenvalue weighted by atomic mass is 10.0. The van der Waals surface area contributed by atoms with Crippen LogP contribution in [0.15, 0.2) is 0 Å². The molecule has 5 atom stereocenters. The minimum atomic E-state index is -4.96. The number of rotatable bonds is 81. The number of carbonyl (C=O) groups is 4. The number of hydrogen-bond donors (Lipinski definition) is 3. The predicted molar refractivity (Wildman–Crippen MR) is 409 cm³/mol. The highest BCUT2D eigenvalue weighted by atomic mass is 31.2. The molecule has 0 aliphatic carbocycles. The van der Waals surface area contributed by atoms with Gasteiger partial charge in [-0.05, 0) is 31.6 Å². The molecule has 0 aromatic heterocycles. The molecule has 0 aromatic rings. The molecule has 19 heteroatoms. The van der Waals surface area contributed by atoms with Gasteiger partial charge in [0.25, 0.3) is 0 Å². The first-order valence-corrected chi connectivity index (χ1v) is 45.1. The molecule has 100 heavy (non-hydrogen) atoms. The summed E-state index contributed by atoms with van der Waals surface area (Å²) >= 11 is 0. The van der Waals surface area contributed by atoms with E-state index in [1.54, 1.807) is 0 Å². The first-order valence-electron chi connectivity index (χ1n) is 42.1. The highest BCUT2D eigenvalue weighted by Crippen LogP contribution is 2.45. The van der Waals surface area contributed by atoms with Gasteiger partial charge in [-0.3, -0.25) is 37.3 Å². The third-order valence-electron chi connectivity index (χ3n) is 19.0. The fraction of sp³-hybridized carbons (Fsp3) is 0.951. The smallest absolute Gasteiger partial charge is 0.462 e. The van der Waals surface area contributed by atoms with Crippen LogP contribution in [0.25, 0.3) is 0 Å². The fourth-order valence-corrected chi connectivity index (χ4v) is 14.2. The van der Waals surface area contributed by atoms with Gasteiger partial charge in [-0.15, -0.1) is 0 Å². The van der Waals surface area contributed by atoms with Crippen LogP contribution in [0.3, 0.4) is 0 Å². The Morgan fingerprint density at radius 3 is 0.680 bits per heavy atom. The van der Waals surface area contributed by atoms with Gasteiger partial charge in [0.2, 0.25) is 0 Å². The summed E-state index contributed by atoms with van der Waals surface area (Å²) in [6, 6.07) is 0. The molecule has 0 aliphatic heterocycles. The van der Waals surface area contributed by atoms with Gasteiger partial charge in [0.1, 0.15) is 19.3 Å². The average Bonchev–Trinajstić information content (AvgIpc) is 0.916. The first-order chi connectivity index (χ1) is 48.5. The Morgan fingerprint density at radius 2 is 0.460 bits per heavy atom. The normalized spacial score (nSPS) is 13.8. The van der Waals surface area contributed by atoms with Crippen molar-refractivity contribution in [3.05, 3.63) is 0 Å². The molecule has 0 bridgehead atoms. The van der Waals surface area contributed by atoms with Crippen molar-refractivity contribution in [1.29, 1.82) is 0 Å². The molecule has 594 valence electrons. The summed E-state index contributed by atoms with van der Waals surface area (Å²) in [6.45, 7) is 7.33. The van der Waals surface area contributed by atoms with Gasteiger partial charge < -0.3 is 33.8 Å². The first kappa shape index (κ1) is 98.1. The molecule has 3 N–H and O–H groups in total. The van der Waals surface area contributed by atoms with Crippen LogP contribution in [0.2, 0.25) is 0 Å². The molecule has 0 saturated heterocycles. The maximum atomic E-state index is 13.1. The van der Waals surface area contributed by atoms with Crippen LogP contribution in [0.5, 0.6) is 0 Å². The van der Waals surface area contributed by atoms with E-state index in [1.807, 2.05) is 0 Å². The van der Waals surface area contributed by atoms with E-state index < -0.39 is 97.5 Å². The highest BCUT2D eigenvalue weighted by molar-refractivity contribution is 7.47. The Hall–Kier alpha value is -1.94. The number of carbonyl (C=O) groups excluding carboxylic acids is 4. The van der Waals surface area contributed by atoms with Crippen molar-refractivity contribution in [2.24, 2.45) is 5.92 Å². The van der Waals surface area contributed by atoms with E-state index in [0.717, 1.165) is 95.8 Å². The molecule has 0 saturated carbocycles. The van der Waals surface area contributed by atoms with Crippen molar-refractivity contribution in [2.45, 2.75) is 451 Å². The summed E-state index contributed by atoms with van der Waals surface area (Å²) in [7, 11) is -9.91. The van der Waals surface area contributed by atoms with Gasteiger partial charge in [-0.25, -0.2) is 9.13 Å². The summed E-state index contributed by atoms with van der Waals surface area (Å²) in [5, 5.41) is 10.6. The van der Waals surface area contributed by atoms with Gasteiger partial charge in [-0.2, -0.15) is 0 Å². The molecule has 0 rings (SSSR count). The maximum Gasteiger partial charge on any atom is 0.472 e. The summed E-state index contributed by atoms with van der Waals surface area (Å²) < 4.78 is 68.6. The average molecular weight is 1470 g/mol. The molecule has 0 heterocycles. The molecule has 0 fully saturated rings. The zero-order valence-corrected chi connectivity index (χ0v) is 67.1. The standard InChI is InChI=1S/C81H158O17P2/c1-6-9-12-15-18-21-24-25-26-27-28-29-30-31-32-35-39-42-47-52-57-62-67-81(86)98-77(71-92-79(84)65-60-55-50-46-41-38-36-33-34-37-40-43-48-53-58-63-74(4)5)73-96-100(89,90)94-69-75(82)68-93-99(87,88)95-72-76(97-80(85)66-61-56-51-45-23-20-17-14-11-8-3)70-91-78(83)64-59-54-49-44-22-19-16-13-10-7-2/h74-77,82H,6-73H2,1-5H3,(H,87,88)(H,89,90)/t75-,76+,77+/m0/s1. The van der Waals surface area contributed by atoms with E-state index in [9.17, 15) is 43.2 Å². The van der Waals surface area contributed by atoms with E-state index in [-0.39, 0.29) is 25.7 Å². The summed E-state index contributed by atoms with van der Waals surface area (Å²) in [5.74, 6) is -1.30. The van der Waals surface area contributed by atoms with E-state index in [2.05, 4.69) is 34.6 Å². The third kappa shape index (κ3) is 74.3. The van der Waals surface area contributed by atoms with Crippen LogP contribution in [-0.2, 0) is 65.4 Å². The summed E-state index contributed by atoms with van der Waals surface area (Å²) in [5.41, 5.74) is 0. The number of unbranched alkanes of at least 4 members (excludes halogenated alkanes) is 53. The van der Waals surface area contributed by atoms with Crippen molar-refractivity contribution >= 4 is 39.5 Å². The summed E-state index contributed by atoms with van der Waals surface area (Å²) in [6.07, 6.45) is 65.3. The molecule has 2 unspecified atom stereocenters. The lowest BCUT2D eigenvalue weighted by Gasteiger charge is -2.21. The van der Waals surface area contributed by atoms with Gasteiger partial charge >= 0.3 is 39.5 Å².